The molecule has 0 unspecified atom stereocenters. The molecule has 0 bridgehead atoms. The van der Waals surface area contributed by atoms with Gasteiger partial charge in [0.25, 0.3) is 0 Å². The van der Waals surface area contributed by atoms with Gasteiger partial charge in [0.2, 0.25) is 0 Å². The van der Waals surface area contributed by atoms with Gasteiger partial charge in [-0.05, 0) is 6.42 Å². The van der Waals surface area contributed by atoms with Crippen LogP contribution in [-0.4, -0.2) is 37.0 Å². The number of aliphatic hydroxyl groups excluding tert-OH is 1. The Hall–Kier alpha value is 0.943. The van der Waals surface area contributed by atoms with E-state index in [0.717, 1.165) is 6.42 Å². The molecule has 0 amide bonds. The van der Waals surface area contributed by atoms with E-state index in [-0.39, 0.29) is 0 Å². The molecular formula is C7H20MgOSi. The predicted molar refractivity (Wildman–Crippen MR) is 52.3 cm³/mol. The summed E-state index contributed by atoms with van der Waals surface area (Å²) in [5.74, 6) is 0. The van der Waals surface area contributed by atoms with Gasteiger partial charge in [-0.3, -0.25) is 0 Å². The summed E-state index contributed by atoms with van der Waals surface area (Å²) in [6, 6.07) is 0. The highest BCUT2D eigenvalue weighted by Crippen LogP contribution is 1.94. The Morgan fingerprint density at radius 1 is 1.30 bits per heavy atom. The lowest BCUT2D eigenvalue weighted by Crippen LogP contribution is -2.26. The van der Waals surface area contributed by atoms with Crippen LogP contribution in [0.5, 0.6) is 0 Å². The first kappa shape index (κ1) is 13.5. The smallest absolute Gasteiger partial charge is 0.359 e. The molecule has 0 rings (SSSR count). The normalized spacial score (nSPS) is 9.40. The van der Waals surface area contributed by atoms with E-state index >= 15 is 0 Å². The summed E-state index contributed by atoms with van der Waals surface area (Å²) >= 11 is 0.391. The van der Waals surface area contributed by atoms with Crippen molar-refractivity contribution in [1.82, 2.24) is 0 Å². The second-order valence-electron chi connectivity index (χ2n) is 3.64. The molecule has 0 aliphatic heterocycles. The van der Waals surface area contributed by atoms with Crippen molar-refractivity contribution in [2.75, 3.05) is 6.61 Å². The lowest BCUT2D eigenvalue weighted by molar-refractivity contribution is 0.295. The number of aliphatic hydroxyl groups is 1. The molecule has 0 aromatic rings. The summed E-state index contributed by atoms with van der Waals surface area (Å²) in [6.45, 7) is 9.58. The standard InChI is InChI=1S/C3H8O.C3H9Si.CH3.Mg/c1-2-3-4;1-4(2)3;;/h4H,2-3H2,1H3;1-3H3;1H3;. The molecule has 0 heterocycles. The zero-order chi connectivity index (χ0) is 8.62. The van der Waals surface area contributed by atoms with Crippen molar-refractivity contribution < 1.29 is 5.11 Å². The van der Waals surface area contributed by atoms with Crippen molar-refractivity contribution in [1.29, 1.82) is 0 Å². The van der Waals surface area contributed by atoms with Gasteiger partial charge in [0.15, 0.2) is 0 Å². The van der Waals surface area contributed by atoms with E-state index in [1.165, 1.54) is 0 Å². The zero-order valence-electron chi connectivity index (χ0n) is 8.07. The van der Waals surface area contributed by atoms with Crippen molar-refractivity contribution in [3.05, 3.63) is 0 Å². The second kappa shape index (κ2) is 8.04. The summed E-state index contributed by atoms with van der Waals surface area (Å²) in [4.78, 5) is 0. The highest BCUT2D eigenvalue weighted by Gasteiger charge is 2.09. The van der Waals surface area contributed by atoms with Gasteiger partial charge in [-0.1, -0.05) is 32.3 Å². The predicted octanol–water partition coefficient (Wildman–Crippen LogP) is 1.96. The van der Waals surface area contributed by atoms with E-state index in [9.17, 15) is 0 Å². The van der Waals surface area contributed by atoms with Crippen LogP contribution < -0.4 is 0 Å². The Bertz CT molecular complexity index is 59.1. The summed E-state index contributed by atoms with van der Waals surface area (Å²) in [5, 5.41) is 10.3. The minimum atomic E-state index is -0.492. The summed E-state index contributed by atoms with van der Waals surface area (Å²) < 4.78 is 0. The average Bonchev–Trinajstić information content (AvgIpc) is 1.87. The Balaban J connectivity index is 0. The molecule has 0 atom stereocenters. The largest absolute Gasteiger partial charge is 0.396 e. The third-order valence-electron chi connectivity index (χ3n) is 1.28. The van der Waals surface area contributed by atoms with E-state index in [1.54, 1.807) is 0 Å². The third-order valence-corrected chi connectivity index (χ3v) is 9.77. The third kappa shape index (κ3) is 23.1. The van der Waals surface area contributed by atoms with Crippen LogP contribution in [0.15, 0.2) is 0 Å². The van der Waals surface area contributed by atoms with Gasteiger partial charge >= 0.3 is 19.6 Å². The molecule has 10 heavy (non-hydrogen) atoms. The minimum absolute atomic E-state index is 0.319. The number of hydrogen-bond donors (Lipinski definition) is 1. The summed E-state index contributed by atoms with van der Waals surface area (Å²) in [7, 11) is 0. The van der Waals surface area contributed by atoms with Crippen LogP contribution >= 0.6 is 0 Å². The van der Waals surface area contributed by atoms with Crippen molar-refractivity contribution >= 4 is 25.3 Å². The van der Waals surface area contributed by atoms with Crippen molar-refractivity contribution in [2.24, 2.45) is 0 Å². The molecule has 0 saturated heterocycles. The molecule has 0 aromatic carbocycles. The van der Waals surface area contributed by atoms with Crippen LogP contribution in [0.4, 0.5) is 0 Å². The van der Waals surface area contributed by atoms with Crippen LogP contribution in [0.2, 0.25) is 24.7 Å². The second-order valence-corrected chi connectivity index (χ2v) is 18.0. The maximum absolute atomic E-state index is 7.88. The maximum Gasteiger partial charge on any atom is 0.359 e. The van der Waals surface area contributed by atoms with E-state index in [2.05, 4.69) is 24.7 Å². The van der Waals surface area contributed by atoms with E-state index < -0.39 is 5.72 Å². The monoisotopic (exact) mass is 172 g/mol. The summed E-state index contributed by atoms with van der Waals surface area (Å²) in [5.41, 5.74) is -0.492. The Morgan fingerprint density at radius 2 is 1.50 bits per heavy atom. The van der Waals surface area contributed by atoms with Gasteiger partial charge < -0.3 is 5.11 Å². The minimum Gasteiger partial charge on any atom is -0.396 e. The van der Waals surface area contributed by atoms with E-state index in [0.29, 0.717) is 26.2 Å². The highest BCUT2D eigenvalue weighted by molar-refractivity contribution is 7.22. The van der Waals surface area contributed by atoms with Gasteiger partial charge in [0.05, 0.1) is 0 Å². The van der Waals surface area contributed by atoms with Gasteiger partial charge in [-0.15, -0.1) is 0 Å². The first-order chi connectivity index (χ1) is 4.47. The molecule has 0 spiro atoms. The molecule has 0 fully saturated rings. The van der Waals surface area contributed by atoms with Crippen LogP contribution in [-0.2, 0) is 0 Å². The Labute approximate surface area is 75.1 Å². The van der Waals surface area contributed by atoms with E-state index in [4.69, 9.17) is 5.11 Å². The molecular weight excluding hydrogens is 152 g/mol. The molecule has 0 radical (unpaired) electrons. The van der Waals surface area contributed by atoms with Crippen molar-refractivity contribution in [2.45, 2.75) is 38.0 Å². The molecule has 0 aliphatic carbocycles. The van der Waals surface area contributed by atoms with Crippen LogP contribution in [0, 0.1) is 0 Å². The zero-order valence-corrected chi connectivity index (χ0v) is 10.5. The topological polar surface area (TPSA) is 20.2 Å². The lowest BCUT2D eigenvalue weighted by atomic mass is 10.5. The van der Waals surface area contributed by atoms with Gasteiger partial charge in [-0.2, -0.15) is 5.05 Å². The molecule has 1 nitrogen and oxygen atoms in total. The molecule has 60 valence electrons. The quantitative estimate of drug-likeness (QED) is 0.632. The fourth-order valence-electron chi connectivity index (χ4n) is 0. The first-order valence-electron chi connectivity index (χ1n) is 4.08. The lowest BCUT2D eigenvalue weighted by Gasteiger charge is -2.09. The van der Waals surface area contributed by atoms with Crippen LogP contribution in [0.1, 0.15) is 13.3 Å². The molecule has 0 aliphatic rings. The molecule has 3 heteroatoms. The van der Waals surface area contributed by atoms with E-state index in [1.807, 2.05) is 6.92 Å². The molecule has 1 N–H and O–H groups in total. The summed E-state index contributed by atoms with van der Waals surface area (Å²) in [6.07, 6.45) is 0.875. The Morgan fingerprint density at radius 3 is 1.50 bits per heavy atom. The molecule has 0 saturated carbocycles. The van der Waals surface area contributed by atoms with Crippen molar-refractivity contribution in [3.63, 3.8) is 0 Å². The highest BCUT2D eigenvalue weighted by atomic mass is 28.5. The SMILES string of the molecule is CCCO.[CH3][Mg][Si](C)(C)C. The van der Waals surface area contributed by atoms with Crippen LogP contribution in [0.3, 0.4) is 0 Å². The first-order valence-corrected chi connectivity index (χ1v) is 11.3. The van der Waals surface area contributed by atoms with Gasteiger partial charge in [0.1, 0.15) is 0 Å². The average molecular weight is 173 g/mol. The van der Waals surface area contributed by atoms with Crippen LogP contribution in [0.25, 0.3) is 0 Å². The number of hydrogen-bond acceptors (Lipinski definition) is 1. The fourth-order valence-corrected chi connectivity index (χ4v) is 0. The molecule has 0 aromatic heterocycles. The Kier molecular flexibility index (Phi) is 10.9. The van der Waals surface area contributed by atoms with Crippen molar-refractivity contribution in [3.8, 4) is 0 Å². The van der Waals surface area contributed by atoms with Gasteiger partial charge in [-0.25, -0.2) is 0 Å². The number of rotatable bonds is 2. The van der Waals surface area contributed by atoms with Gasteiger partial charge in [0, 0.05) is 6.61 Å². The fraction of sp³-hybridized carbons (Fsp3) is 1.00. The maximum atomic E-state index is 7.88.